The van der Waals surface area contributed by atoms with Crippen molar-refractivity contribution < 1.29 is 9.59 Å². The normalized spacial score (nSPS) is 17.9. The summed E-state index contributed by atoms with van der Waals surface area (Å²) in [6, 6.07) is 6.72. The van der Waals surface area contributed by atoms with Gasteiger partial charge in [0.15, 0.2) is 5.78 Å². The number of ketones is 1. The zero-order chi connectivity index (χ0) is 21.1. The molecular weight excluding hydrogens is 396 g/mol. The molecule has 4 rings (SSSR count). The van der Waals surface area contributed by atoms with Crippen molar-refractivity contribution in [3.8, 4) is 0 Å². The molecule has 2 aromatic heterocycles. The Morgan fingerprint density at radius 2 is 1.80 bits per heavy atom. The van der Waals surface area contributed by atoms with Gasteiger partial charge in [-0.2, -0.15) is 0 Å². The number of nitrogens with one attached hydrogen (secondary N) is 1. The van der Waals surface area contributed by atoms with Crippen molar-refractivity contribution in [3.63, 3.8) is 0 Å². The minimum absolute atomic E-state index is 0.136. The van der Waals surface area contributed by atoms with Gasteiger partial charge in [-0.3, -0.25) is 19.4 Å². The number of Topliss-reactive ketones (excluding diaryl/α,β-unsaturated/α-hetero) is 1. The lowest BCUT2D eigenvalue weighted by molar-refractivity contribution is -0.122. The summed E-state index contributed by atoms with van der Waals surface area (Å²) in [4.78, 5) is 30.8. The van der Waals surface area contributed by atoms with E-state index in [4.69, 9.17) is 0 Å². The summed E-state index contributed by atoms with van der Waals surface area (Å²) in [5.74, 6) is 0.336. The number of amides is 1. The van der Waals surface area contributed by atoms with E-state index in [0.717, 1.165) is 68.9 Å². The Bertz CT molecular complexity index is 877. The van der Waals surface area contributed by atoms with Crippen molar-refractivity contribution in [1.29, 1.82) is 0 Å². The Morgan fingerprint density at radius 1 is 1.10 bits per heavy atom. The van der Waals surface area contributed by atoms with Gasteiger partial charge in [0.05, 0.1) is 13.1 Å². The Labute approximate surface area is 182 Å². The SMILES string of the molecule is Cc1cc(C(=O)CN2CCN(CC(=O)NC3CC3)CC2)c(C)n1CCc1cccs1. The largest absolute Gasteiger partial charge is 0.352 e. The van der Waals surface area contributed by atoms with Gasteiger partial charge in [-0.05, 0) is 50.6 Å². The molecule has 0 radical (unpaired) electrons. The second-order valence-electron chi connectivity index (χ2n) is 8.58. The fraction of sp³-hybridized carbons (Fsp3) is 0.565. The highest BCUT2D eigenvalue weighted by Crippen LogP contribution is 2.20. The maximum absolute atomic E-state index is 13.0. The van der Waals surface area contributed by atoms with Gasteiger partial charge in [0.2, 0.25) is 5.91 Å². The molecule has 30 heavy (non-hydrogen) atoms. The first-order valence-electron chi connectivity index (χ1n) is 11.0. The number of thiophene rings is 1. The summed E-state index contributed by atoms with van der Waals surface area (Å²) in [5, 5.41) is 5.16. The van der Waals surface area contributed by atoms with E-state index in [0.29, 0.717) is 19.1 Å². The lowest BCUT2D eigenvalue weighted by Gasteiger charge is -2.33. The molecule has 162 valence electrons. The van der Waals surface area contributed by atoms with Crippen molar-refractivity contribution in [2.75, 3.05) is 39.3 Å². The lowest BCUT2D eigenvalue weighted by atomic mass is 10.1. The average molecular weight is 429 g/mol. The van der Waals surface area contributed by atoms with Gasteiger partial charge in [0.1, 0.15) is 0 Å². The third-order valence-corrected chi connectivity index (χ3v) is 7.11. The van der Waals surface area contributed by atoms with Crippen LogP contribution in [-0.2, 0) is 17.8 Å². The zero-order valence-corrected chi connectivity index (χ0v) is 18.8. The molecule has 1 aliphatic heterocycles. The molecule has 0 spiro atoms. The molecule has 0 atom stereocenters. The van der Waals surface area contributed by atoms with Gasteiger partial charge in [-0.15, -0.1) is 11.3 Å². The van der Waals surface area contributed by atoms with Crippen molar-refractivity contribution in [2.45, 2.75) is 45.7 Å². The number of piperazine rings is 1. The third kappa shape index (κ3) is 5.39. The van der Waals surface area contributed by atoms with Gasteiger partial charge >= 0.3 is 0 Å². The minimum Gasteiger partial charge on any atom is -0.352 e. The van der Waals surface area contributed by atoms with Crippen molar-refractivity contribution >= 4 is 23.0 Å². The smallest absolute Gasteiger partial charge is 0.234 e. The van der Waals surface area contributed by atoms with Crippen LogP contribution in [0.4, 0.5) is 0 Å². The fourth-order valence-electron chi connectivity index (χ4n) is 4.20. The fourth-order valence-corrected chi connectivity index (χ4v) is 4.90. The van der Waals surface area contributed by atoms with Crippen LogP contribution in [0.15, 0.2) is 23.6 Å². The summed E-state index contributed by atoms with van der Waals surface area (Å²) in [7, 11) is 0. The minimum atomic E-state index is 0.136. The quantitative estimate of drug-likeness (QED) is 0.624. The first-order valence-corrected chi connectivity index (χ1v) is 11.8. The number of carbonyl (C=O) groups is 2. The van der Waals surface area contributed by atoms with Gasteiger partial charge in [0, 0.05) is 60.6 Å². The lowest BCUT2D eigenvalue weighted by Crippen LogP contribution is -2.50. The monoisotopic (exact) mass is 428 g/mol. The van der Waals surface area contributed by atoms with Crippen LogP contribution < -0.4 is 5.32 Å². The maximum atomic E-state index is 13.0. The van der Waals surface area contributed by atoms with Crippen molar-refractivity contribution in [2.24, 2.45) is 0 Å². The van der Waals surface area contributed by atoms with Gasteiger partial charge in [-0.25, -0.2) is 0 Å². The standard InChI is InChI=1S/C23H32N4O2S/c1-17-14-21(18(2)27(17)8-7-20-4-3-13-30-20)22(28)15-25-9-11-26(12-10-25)16-23(29)24-19-5-6-19/h3-4,13-14,19H,5-12,15-16H2,1-2H3,(H,24,29). The molecule has 0 unspecified atom stereocenters. The highest BCUT2D eigenvalue weighted by molar-refractivity contribution is 7.09. The van der Waals surface area contributed by atoms with Crippen LogP contribution >= 0.6 is 11.3 Å². The van der Waals surface area contributed by atoms with Crippen LogP contribution in [0.5, 0.6) is 0 Å². The van der Waals surface area contributed by atoms with Crippen LogP contribution in [0.25, 0.3) is 0 Å². The summed E-state index contributed by atoms with van der Waals surface area (Å²) in [6.07, 6.45) is 3.24. The second-order valence-corrected chi connectivity index (χ2v) is 9.62. The molecule has 2 fully saturated rings. The average Bonchev–Trinajstić information content (AvgIpc) is 3.27. The zero-order valence-electron chi connectivity index (χ0n) is 18.0. The molecule has 3 heterocycles. The van der Waals surface area contributed by atoms with E-state index in [-0.39, 0.29) is 11.7 Å². The predicted octanol–water partition coefficient (Wildman–Crippen LogP) is 2.49. The number of hydrogen-bond acceptors (Lipinski definition) is 5. The Kier molecular flexibility index (Phi) is 6.71. The molecule has 2 aliphatic rings. The Hall–Kier alpha value is -1.96. The highest BCUT2D eigenvalue weighted by atomic mass is 32.1. The number of carbonyl (C=O) groups excluding carboxylic acids is 2. The summed E-state index contributed by atoms with van der Waals surface area (Å²) in [5.41, 5.74) is 3.08. The summed E-state index contributed by atoms with van der Waals surface area (Å²) in [6.45, 7) is 9.33. The summed E-state index contributed by atoms with van der Waals surface area (Å²) < 4.78 is 2.27. The number of hydrogen-bond donors (Lipinski definition) is 1. The number of aromatic nitrogens is 1. The number of aryl methyl sites for hydroxylation is 2. The van der Waals surface area contributed by atoms with Crippen LogP contribution in [0.3, 0.4) is 0 Å². The first-order chi connectivity index (χ1) is 14.5. The maximum Gasteiger partial charge on any atom is 0.234 e. The topological polar surface area (TPSA) is 57.6 Å². The van der Waals surface area contributed by atoms with Crippen molar-refractivity contribution in [3.05, 3.63) is 45.4 Å². The van der Waals surface area contributed by atoms with E-state index in [2.05, 4.69) is 51.0 Å². The van der Waals surface area contributed by atoms with E-state index < -0.39 is 0 Å². The van der Waals surface area contributed by atoms with Gasteiger partial charge in [-0.1, -0.05) is 6.07 Å². The third-order valence-electron chi connectivity index (χ3n) is 6.18. The van der Waals surface area contributed by atoms with Gasteiger partial charge < -0.3 is 9.88 Å². The number of rotatable bonds is 9. The highest BCUT2D eigenvalue weighted by Gasteiger charge is 2.26. The molecule has 6 nitrogen and oxygen atoms in total. The Balaban J connectivity index is 1.26. The molecule has 7 heteroatoms. The molecule has 1 aliphatic carbocycles. The second kappa shape index (κ2) is 9.45. The van der Waals surface area contributed by atoms with Crippen LogP contribution in [0, 0.1) is 13.8 Å². The first kappa shape index (κ1) is 21.3. The van der Waals surface area contributed by atoms with E-state index in [1.165, 1.54) is 4.88 Å². The molecular formula is C23H32N4O2S. The summed E-state index contributed by atoms with van der Waals surface area (Å²) >= 11 is 1.78. The van der Waals surface area contributed by atoms with Crippen molar-refractivity contribution in [1.82, 2.24) is 19.7 Å². The van der Waals surface area contributed by atoms with Crippen LogP contribution in [0.1, 0.15) is 39.5 Å². The van der Waals surface area contributed by atoms with E-state index in [1.807, 2.05) is 6.07 Å². The van der Waals surface area contributed by atoms with Gasteiger partial charge in [0.25, 0.3) is 0 Å². The molecule has 1 saturated heterocycles. The van der Waals surface area contributed by atoms with Crippen LogP contribution in [0.2, 0.25) is 0 Å². The van der Waals surface area contributed by atoms with E-state index in [1.54, 1.807) is 11.3 Å². The molecule has 0 bridgehead atoms. The van der Waals surface area contributed by atoms with Crippen LogP contribution in [-0.4, -0.2) is 71.4 Å². The van der Waals surface area contributed by atoms with E-state index in [9.17, 15) is 9.59 Å². The molecule has 2 aromatic rings. The molecule has 1 N–H and O–H groups in total. The molecule has 0 aromatic carbocycles. The molecule has 1 saturated carbocycles. The Morgan fingerprint density at radius 3 is 2.43 bits per heavy atom. The van der Waals surface area contributed by atoms with E-state index >= 15 is 0 Å². The molecule has 1 amide bonds. The predicted molar refractivity (Wildman–Crippen MR) is 120 cm³/mol. The number of nitrogens with zero attached hydrogens (tertiary/aromatic N) is 3.